The first-order valence-electron chi connectivity index (χ1n) is 7.77. The Hall–Kier alpha value is -1.07. The monoisotopic (exact) mass is 310 g/mol. The van der Waals surface area contributed by atoms with Crippen LogP contribution >= 0.6 is 11.6 Å². The minimum absolute atomic E-state index is 0.0824. The second-order valence-electron chi connectivity index (χ2n) is 6.49. The first-order chi connectivity index (χ1) is 10.0. The summed E-state index contributed by atoms with van der Waals surface area (Å²) >= 11 is 6.19. The average molecular weight is 311 g/mol. The summed E-state index contributed by atoms with van der Waals surface area (Å²) in [7, 11) is 2.14. The van der Waals surface area contributed by atoms with Crippen molar-refractivity contribution in [2.75, 3.05) is 18.9 Å². The lowest BCUT2D eigenvalue weighted by molar-refractivity contribution is 0.190. The number of halogens is 1. The van der Waals surface area contributed by atoms with Crippen molar-refractivity contribution in [3.8, 4) is 0 Å². The maximum absolute atomic E-state index is 12.5. The number of hydrogen-bond acceptors (Lipinski definition) is 4. The highest BCUT2D eigenvalue weighted by Gasteiger charge is 2.26. The Morgan fingerprint density at radius 2 is 2.19 bits per heavy atom. The molecule has 3 rings (SSSR count). The van der Waals surface area contributed by atoms with E-state index in [0.717, 1.165) is 19.4 Å². The van der Waals surface area contributed by atoms with Crippen LogP contribution in [0.2, 0.25) is 5.02 Å². The molecule has 2 aliphatic rings. The van der Waals surface area contributed by atoms with Gasteiger partial charge < -0.3 is 10.2 Å². The maximum atomic E-state index is 12.5. The molecule has 1 aromatic rings. The molecule has 1 N–H and O–H groups in total. The normalized spacial score (nSPS) is 26.8. The van der Waals surface area contributed by atoms with Crippen LogP contribution in [-0.4, -0.2) is 40.4 Å². The fourth-order valence-corrected chi connectivity index (χ4v) is 3.08. The molecule has 2 unspecified atom stereocenters. The highest BCUT2D eigenvalue weighted by Crippen LogP contribution is 2.30. The summed E-state index contributed by atoms with van der Waals surface area (Å²) in [4.78, 5) is 14.9. The van der Waals surface area contributed by atoms with Gasteiger partial charge in [0.15, 0.2) is 0 Å². The highest BCUT2D eigenvalue weighted by atomic mass is 35.5. The van der Waals surface area contributed by atoms with Gasteiger partial charge in [-0.05, 0) is 45.6 Å². The van der Waals surface area contributed by atoms with Crippen molar-refractivity contribution in [3.05, 3.63) is 21.6 Å². The molecular formula is C15H23ClN4O. The molecule has 5 nitrogen and oxygen atoms in total. The molecule has 2 fully saturated rings. The molecule has 0 radical (unpaired) electrons. The molecule has 1 saturated carbocycles. The summed E-state index contributed by atoms with van der Waals surface area (Å²) in [6.07, 6.45) is 6.04. The van der Waals surface area contributed by atoms with Gasteiger partial charge in [-0.25, -0.2) is 4.68 Å². The number of anilines is 1. The molecule has 0 amide bonds. The lowest BCUT2D eigenvalue weighted by atomic mass is 9.99. The van der Waals surface area contributed by atoms with Gasteiger partial charge in [0.25, 0.3) is 5.56 Å². The Bertz CT molecular complexity index is 569. The zero-order chi connectivity index (χ0) is 15.0. The SMILES string of the molecule is CC1CC(Nc2c(Cl)cnn(CC3CC3)c2=O)CCN1C. The molecule has 0 aromatic carbocycles. The molecule has 116 valence electrons. The van der Waals surface area contributed by atoms with Crippen molar-refractivity contribution in [1.29, 1.82) is 0 Å². The summed E-state index contributed by atoms with van der Waals surface area (Å²) in [6, 6.07) is 0.823. The van der Waals surface area contributed by atoms with Gasteiger partial charge >= 0.3 is 0 Å². The number of likely N-dealkylation sites (tertiary alicyclic amines) is 1. The Morgan fingerprint density at radius 3 is 2.86 bits per heavy atom. The van der Waals surface area contributed by atoms with Gasteiger partial charge in [0.2, 0.25) is 0 Å². The second kappa shape index (κ2) is 5.97. The first kappa shape index (κ1) is 14.9. The van der Waals surface area contributed by atoms with Crippen LogP contribution in [0.25, 0.3) is 0 Å². The Kier molecular flexibility index (Phi) is 4.22. The van der Waals surface area contributed by atoms with Crippen LogP contribution < -0.4 is 10.9 Å². The largest absolute Gasteiger partial charge is 0.376 e. The van der Waals surface area contributed by atoms with E-state index in [1.807, 2.05) is 0 Å². The molecule has 2 atom stereocenters. The summed E-state index contributed by atoms with van der Waals surface area (Å²) < 4.78 is 1.56. The van der Waals surface area contributed by atoms with E-state index in [2.05, 4.69) is 29.3 Å². The van der Waals surface area contributed by atoms with Gasteiger partial charge in [-0.15, -0.1) is 0 Å². The van der Waals surface area contributed by atoms with E-state index < -0.39 is 0 Å². The molecule has 6 heteroatoms. The van der Waals surface area contributed by atoms with E-state index in [9.17, 15) is 4.79 Å². The van der Waals surface area contributed by atoms with Crippen LogP contribution in [0.1, 0.15) is 32.6 Å². The molecule has 1 saturated heterocycles. The molecule has 2 heterocycles. The van der Waals surface area contributed by atoms with Crippen molar-refractivity contribution in [3.63, 3.8) is 0 Å². The fourth-order valence-electron chi connectivity index (χ4n) is 2.90. The summed E-state index contributed by atoms with van der Waals surface area (Å²) in [5, 5.41) is 7.96. The zero-order valence-corrected chi connectivity index (χ0v) is 13.4. The summed E-state index contributed by atoms with van der Waals surface area (Å²) in [6.45, 7) is 3.97. The molecular weight excluding hydrogens is 288 g/mol. The van der Waals surface area contributed by atoms with Gasteiger partial charge in [0, 0.05) is 25.2 Å². The van der Waals surface area contributed by atoms with Gasteiger partial charge in [-0.1, -0.05) is 11.6 Å². The van der Waals surface area contributed by atoms with E-state index in [0.29, 0.717) is 35.3 Å². The predicted molar refractivity (Wildman–Crippen MR) is 85.0 cm³/mol. The first-order valence-corrected chi connectivity index (χ1v) is 8.14. The second-order valence-corrected chi connectivity index (χ2v) is 6.90. The van der Waals surface area contributed by atoms with Crippen molar-refractivity contribution >= 4 is 17.3 Å². The standard InChI is InChI=1S/C15H23ClN4O/c1-10-7-12(5-6-19(10)2)18-14-13(16)8-17-20(15(14)21)9-11-3-4-11/h8,10-12,18H,3-7,9H2,1-2H3. The van der Waals surface area contributed by atoms with Crippen LogP contribution in [0.3, 0.4) is 0 Å². The number of rotatable bonds is 4. The van der Waals surface area contributed by atoms with E-state index in [1.54, 1.807) is 10.9 Å². The maximum Gasteiger partial charge on any atom is 0.291 e. The number of nitrogens with zero attached hydrogens (tertiary/aromatic N) is 3. The van der Waals surface area contributed by atoms with Crippen molar-refractivity contribution in [2.24, 2.45) is 5.92 Å². The number of nitrogens with one attached hydrogen (secondary N) is 1. The van der Waals surface area contributed by atoms with Gasteiger partial charge in [0.1, 0.15) is 5.69 Å². The summed E-state index contributed by atoms with van der Waals surface area (Å²) in [5.41, 5.74) is 0.440. The lowest BCUT2D eigenvalue weighted by Gasteiger charge is -2.35. The number of hydrogen-bond donors (Lipinski definition) is 1. The van der Waals surface area contributed by atoms with Crippen LogP contribution in [0.5, 0.6) is 0 Å². The lowest BCUT2D eigenvalue weighted by Crippen LogP contribution is -2.43. The van der Waals surface area contributed by atoms with Crippen LogP contribution in [0.15, 0.2) is 11.0 Å². The van der Waals surface area contributed by atoms with Crippen molar-refractivity contribution in [1.82, 2.24) is 14.7 Å². The highest BCUT2D eigenvalue weighted by molar-refractivity contribution is 6.33. The Balaban J connectivity index is 1.76. The average Bonchev–Trinajstić information content (AvgIpc) is 3.26. The van der Waals surface area contributed by atoms with E-state index in [4.69, 9.17) is 11.6 Å². The number of aromatic nitrogens is 2. The van der Waals surface area contributed by atoms with Crippen molar-refractivity contribution in [2.45, 2.75) is 51.2 Å². The third kappa shape index (κ3) is 3.40. The smallest absolute Gasteiger partial charge is 0.291 e. The van der Waals surface area contributed by atoms with Gasteiger partial charge in [-0.3, -0.25) is 4.79 Å². The van der Waals surface area contributed by atoms with E-state index >= 15 is 0 Å². The molecule has 1 aliphatic heterocycles. The van der Waals surface area contributed by atoms with Gasteiger partial charge in [-0.2, -0.15) is 5.10 Å². The third-order valence-electron chi connectivity index (χ3n) is 4.68. The van der Waals surface area contributed by atoms with E-state index in [1.165, 1.54) is 12.8 Å². The molecule has 1 aromatic heterocycles. The Morgan fingerprint density at radius 1 is 1.43 bits per heavy atom. The minimum atomic E-state index is -0.0824. The van der Waals surface area contributed by atoms with E-state index in [-0.39, 0.29) is 5.56 Å². The number of piperidine rings is 1. The van der Waals surface area contributed by atoms with Crippen LogP contribution in [0.4, 0.5) is 5.69 Å². The molecule has 0 spiro atoms. The molecule has 21 heavy (non-hydrogen) atoms. The molecule has 1 aliphatic carbocycles. The topological polar surface area (TPSA) is 50.2 Å². The quantitative estimate of drug-likeness (QED) is 0.926. The summed E-state index contributed by atoms with van der Waals surface area (Å²) in [5.74, 6) is 0.618. The van der Waals surface area contributed by atoms with Gasteiger partial charge in [0.05, 0.1) is 11.2 Å². The fraction of sp³-hybridized carbons (Fsp3) is 0.733. The predicted octanol–water partition coefficient (Wildman–Crippen LogP) is 2.20. The third-order valence-corrected chi connectivity index (χ3v) is 4.97. The van der Waals surface area contributed by atoms with Crippen molar-refractivity contribution < 1.29 is 0 Å². The Labute approximate surface area is 130 Å². The molecule has 0 bridgehead atoms. The van der Waals surface area contributed by atoms with Crippen LogP contribution in [0, 0.1) is 5.92 Å². The van der Waals surface area contributed by atoms with Crippen LogP contribution in [-0.2, 0) is 6.54 Å². The minimum Gasteiger partial charge on any atom is -0.376 e. The zero-order valence-electron chi connectivity index (χ0n) is 12.7.